The topological polar surface area (TPSA) is 50.1 Å². The molecule has 1 aromatic heterocycles. The van der Waals surface area contributed by atoms with E-state index in [1.807, 2.05) is 47.3 Å². The third-order valence-electron chi connectivity index (χ3n) is 3.15. The standard InChI is InChI=1S/C15H21N3O/c1-15(2,9-11-19)16-12-13-8-10-18(17-13)14-6-4-3-5-7-14/h3-8,10,16,19H,9,11-12H2,1-2H3. The van der Waals surface area contributed by atoms with E-state index in [-0.39, 0.29) is 12.1 Å². The van der Waals surface area contributed by atoms with Gasteiger partial charge in [0.1, 0.15) is 0 Å². The predicted octanol–water partition coefficient (Wildman–Crippen LogP) is 2.12. The highest BCUT2D eigenvalue weighted by Gasteiger charge is 2.16. The van der Waals surface area contributed by atoms with Crippen LogP contribution in [-0.4, -0.2) is 27.0 Å². The van der Waals surface area contributed by atoms with Crippen molar-refractivity contribution in [2.75, 3.05) is 6.61 Å². The number of benzene rings is 1. The molecule has 0 atom stereocenters. The van der Waals surface area contributed by atoms with Crippen LogP contribution >= 0.6 is 0 Å². The first-order chi connectivity index (χ1) is 9.11. The van der Waals surface area contributed by atoms with Crippen molar-refractivity contribution >= 4 is 0 Å². The molecule has 102 valence electrons. The van der Waals surface area contributed by atoms with Crippen LogP contribution in [0.15, 0.2) is 42.6 Å². The highest BCUT2D eigenvalue weighted by molar-refractivity contribution is 5.30. The van der Waals surface area contributed by atoms with E-state index in [4.69, 9.17) is 5.11 Å². The summed E-state index contributed by atoms with van der Waals surface area (Å²) in [5.41, 5.74) is 1.98. The first kappa shape index (κ1) is 13.8. The van der Waals surface area contributed by atoms with Gasteiger partial charge < -0.3 is 10.4 Å². The molecule has 2 rings (SSSR count). The Balaban J connectivity index is 1.99. The SMILES string of the molecule is CC(C)(CCO)NCc1ccn(-c2ccccc2)n1. The van der Waals surface area contributed by atoms with Crippen LogP contribution < -0.4 is 5.32 Å². The van der Waals surface area contributed by atoms with Crippen LogP contribution in [0.2, 0.25) is 0 Å². The van der Waals surface area contributed by atoms with Crippen LogP contribution in [-0.2, 0) is 6.54 Å². The number of hydrogen-bond acceptors (Lipinski definition) is 3. The highest BCUT2D eigenvalue weighted by Crippen LogP contribution is 2.10. The fourth-order valence-electron chi connectivity index (χ4n) is 1.88. The van der Waals surface area contributed by atoms with E-state index in [9.17, 15) is 0 Å². The summed E-state index contributed by atoms with van der Waals surface area (Å²) in [5.74, 6) is 0. The number of hydrogen-bond donors (Lipinski definition) is 2. The van der Waals surface area contributed by atoms with E-state index < -0.39 is 0 Å². The van der Waals surface area contributed by atoms with Gasteiger partial charge in [-0.3, -0.25) is 0 Å². The Morgan fingerprint density at radius 2 is 1.95 bits per heavy atom. The van der Waals surface area contributed by atoms with Crippen molar-refractivity contribution < 1.29 is 5.11 Å². The minimum atomic E-state index is -0.0781. The van der Waals surface area contributed by atoms with Crippen molar-refractivity contribution in [3.63, 3.8) is 0 Å². The molecule has 19 heavy (non-hydrogen) atoms. The molecule has 4 heteroatoms. The smallest absolute Gasteiger partial charge is 0.0767 e. The van der Waals surface area contributed by atoms with Crippen molar-refractivity contribution in [2.45, 2.75) is 32.4 Å². The van der Waals surface area contributed by atoms with E-state index in [0.29, 0.717) is 6.54 Å². The number of aliphatic hydroxyl groups excluding tert-OH is 1. The summed E-state index contributed by atoms with van der Waals surface area (Å²) in [6.45, 7) is 5.06. The number of nitrogens with zero attached hydrogens (tertiary/aromatic N) is 2. The van der Waals surface area contributed by atoms with Gasteiger partial charge in [0.05, 0.1) is 11.4 Å². The fourth-order valence-corrected chi connectivity index (χ4v) is 1.88. The minimum absolute atomic E-state index is 0.0781. The molecule has 0 aliphatic rings. The molecule has 1 heterocycles. The minimum Gasteiger partial charge on any atom is -0.396 e. The summed E-state index contributed by atoms with van der Waals surface area (Å²) < 4.78 is 1.87. The highest BCUT2D eigenvalue weighted by atomic mass is 16.3. The first-order valence-corrected chi connectivity index (χ1v) is 6.56. The molecule has 0 aliphatic heterocycles. The second-order valence-electron chi connectivity index (χ2n) is 5.30. The van der Waals surface area contributed by atoms with E-state index in [2.05, 4.69) is 24.3 Å². The molecule has 0 spiro atoms. The molecule has 4 nitrogen and oxygen atoms in total. The summed E-state index contributed by atoms with van der Waals surface area (Å²) in [7, 11) is 0. The fraction of sp³-hybridized carbons (Fsp3) is 0.400. The summed E-state index contributed by atoms with van der Waals surface area (Å²) in [6.07, 6.45) is 2.69. The maximum absolute atomic E-state index is 8.99. The average molecular weight is 259 g/mol. The maximum atomic E-state index is 8.99. The van der Waals surface area contributed by atoms with Gasteiger partial charge in [-0.1, -0.05) is 18.2 Å². The van der Waals surface area contributed by atoms with Gasteiger partial charge in [0.15, 0.2) is 0 Å². The Kier molecular flexibility index (Phi) is 4.35. The first-order valence-electron chi connectivity index (χ1n) is 6.56. The zero-order valence-electron chi connectivity index (χ0n) is 11.5. The lowest BCUT2D eigenvalue weighted by atomic mass is 10.0. The molecule has 0 saturated carbocycles. The zero-order valence-corrected chi connectivity index (χ0v) is 11.5. The largest absolute Gasteiger partial charge is 0.396 e. The van der Waals surface area contributed by atoms with Gasteiger partial charge in [-0.15, -0.1) is 0 Å². The number of nitrogens with one attached hydrogen (secondary N) is 1. The van der Waals surface area contributed by atoms with Gasteiger partial charge in [-0.25, -0.2) is 4.68 Å². The summed E-state index contributed by atoms with van der Waals surface area (Å²) >= 11 is 0. The number of para-hydroxylation sites is 1. The molecule has 0 radical (unpaired) electrons. The van der Waals surface area contributed by atoms with E-state index in [1.165, 1.54) is 0 Å². The Labute approximate surface area is 114 Å². The van der Waals surface area contributed by atoms with Gasteiger partial charge >= 0.3 is 0 Å². The third-order valence-corrected chi connectivity index (χ3v) is 3.15. The Bertz CT molecular complexity index is 505. The molecule has 2 N–H and O–H groups in total. The number of aliphatic hydroxyl groups is 1. The van der Waals surface area contributed by atoms with E-state index in [1.54, 1.807) is 0 Å². The molecule has 0 bridgehead atoms. The van der Waals surface area contributed by atoms with Crippen LogP contribution in [0.25, 0.3) is 5.69 Å². The van der Waals surface area contributed by atoms with Gasteiger partial charge in [0.2, 0.25) is 0 Å². The quantitative estimate of drug-likeness (QED) is 0.835. The molecule has 0 aliphatic carbocycles. The van der Waals surface area contributed by atoms with Crippen molar-refractivity contribution in [3.8, 4) is 5.69 Å². The van der Waals surface area contributed by atoms with Crippen LogP contribution in [0, 0.1) is 0 Å². The molecule has 0 fully saturated rings. The monoisotopic (exact) mass is 259 g/mol. The third kappa shape index (κ3) is 3.91. The van der Waals surface area contributed by atoms with Gasteiger partial charge in [0, 0.05) is 24.9 Å². The molecule has 1 aromatic carbocycles. The summed E-state index contributed by atoms with van der Waals surface area (Å²) in [4.78, 5) is 0. The second kappa shape index (κ2) is 5.99. The van der Waals surface area contributed by atoms with Crippen molar-refractivity contribution in [1.29, 1.82) is 0 Å². The van der Waals surface area contributed by atoms with Gasteiger partial charge in [-0.05, 0) is 38.5 Å². The lowest BCUT2D eigenvalue weighted by molar-refractivity contribution is 0.229. The second-order valence-corrected chi connectivity index (χ2v) is 5.30. The molecular weight excluding hydrogens is 238 g/mol. The lowest BCUT2D eigenvalue weighted by Gasteiger charge is -2.24. The molecule has 0 unspecified atom stereocenters. The van der Waals surface area contributed by atoms with E-state index >= 15 is 0 Å². The number of aromatic nitrogens is 2. The Morgan fingerprint density at radius 1 is 1.21 bits per heavy atom. The number of rotatable bonds is 6. The van der Waals surface area contributed by atoms with Crippen LogP contribution in [0.1, 0.15) is 26.0 Å². The van der Waals surface area contributed by atoms with Gasteiger partial charge in [0.25, 0.3) is 0 Å². The van der Waals surface area contributed by atoms with Crippen molar-refractivity contribution in [2.24, 2.45) is 0 Å². The normalized spacial score (nSPS) is 11.7. The summed E-state index contributed by atoms with van der Waals surface area (Å²) in [5, 5.41) is 16.9. The Morgan fingerprint density at radius 3 is 2.63 bits per heavy atom. The molecule has 2 aromatic rings. The van der Waals surface area contributed by atoms with Crippen LogP contribution in [0.5, 0.6) is 0 Å². The lowest BCUT2D eigenvalue weighted by Crippen LogP contribution is -2.39. The van der Waals surface area contributed by atoms with Crippen LogP contribution in [0.3, 0.4) is 0 Å². The average Bonchev–Trinajstić information content (AvgIpc) is 2.86. The summed E-state index contributed by atoms with van der Waals surface area (Å²) in [6, 6.07) is 12.1. The molecular formula is C15H21N3O. The van der Waals surface area contributed by atoms with Crippen molar-refractivity contribution in [3.05, 3.63) is 48.3 Å². The maximum Gasteiger partial charge on any atom is 0.0767 e. The molecule has 0 amide bonds. The zero-order chi connectivity index (χ0) is 13.7. The van der Waals surface area contributed by atoms with Gasteiger partial charge in [-0.2, -0.15) is 5.10 Å². The van der Waals surface area contributed by atoms with Crippen LogP contribution in [0.4, 0.5) is 0 Å². The van der Waals surface area contributed by atoms with E-state index in [0.717, 1.165) is 17.8 Å². The molecule has 0 saturated heterocycles. The van der Waals surface area contributed by atoms with Crippen molar-refractivity contribution in [1.82, 2.24) is 15.1 Å². The Hall–Kier alpha value is -1.65. The predicted molar refractivity (Wildman–Crippen MR) is 76.2 cm³/mol.